The van der Waals surface area contributed by atoms with Crippen LogP contribution in [-0.4, -0.2) is 41.5 Å². The summed E-state index contributed by atoms with van der Waals surface area (Å²) in [6.45, 7) is 13.5. The number of esters is 1. The Hall–Kier alpha value is -3.36. The third-order valence-corrected chi connectivity index (χ3v) is 3.51. The van der Waals surface area contributed by atoms with E-state index in [1.54, 1.807) is 47.6 Å². The summed E-state index contributed by atoms with van der Waals surface area (Å²) in [6.07, 6.45) is 0.841. The van der Waals surface area contributed by atoms with E-state index >= 15 is 0 Å². The number of carbonyl (C=O) groups is 3. The van der Waals surface area contributed by atoms with Crippen molar-refractivity contribution in [2.45, 2.75) is 52.7 Å². The van der Waals surface area contributed by atoms with Gasteiger partial charge in [-0.3, -0.25) is 4.98 Å². The highest BCUT2D eigenvalue weighted by Crippen LogP contribution is 2.34. The van der Waals surface area contributed by atoms with E-state index in [2.05, 4.69) is 11.6 Å². The van der Waals surface area contributed by atoms with Crippen molar-refractivity contribution >= 4 is 41.2 Å². The number of fused-ring (bicyclic) bond motifs is 1. The Morgan fingerprint density at radius 2 is 1.60 bits per heavy atom. The zero-order valence-corrected chi connectivity index (χ0v) is 18.2. The second-order valence-corrected chi connectivity index (χ2v) is 8.39. The van der Waals surface area contributed by atoms with Gasteiger partial charge in [0.15, 0.2) is 11.1 Å². The van der Waals surface area contributed by atoms with Crippen LogP contribution in [0.25, 0.3) is 17.2 Å². The third-order valence-electron chi connectivity index (χ3n) is 3.51. The molecule has 162 valence electrons. The molecular weight excluding hydrogens is 392 g/mol. The molecule has 30 heavy (non-hydrogen) atoms. The van der Waals surface area contributed by atoms with Gasteiger partial charge in [-0.15, -0.1) is 4.90 Å². The van der Waals surface area contributed by atoms with Gasteiger partial charge < -0.3 is 18.6 Å². The number of amides is 2. The van der Waals surface area contributed by atoms with E-state index in [1.165, 1.54) is 12.3 Å². The number of pyridine rings is 1. The smallest absolute Gasteiger partial charge is 0.427 e. The molecule has 0 atom stereocenters. The first-order valence-corrected chi connectivity index (χ1v) is 9.17. The Labute approximate surface area is 174 Å². The lowest BCUT2D eigenvalue weighted by molar-refractivity contribution is 0.0422. The Balaban J connectivity index is 2.74. The molecule has 2 aromatic rings. The molecule has 0 N–H and O–H groups in total. The minimum Gasteiger partial charge on any atom is -0.465 e. The monoisotopic (exact) mass is 418 g/mol. The zero-order valence-electron chi connectivity index (χ0n) is 18.2. The Kier molecular flexibility index (Phi) is 6.25. The molecule has 0 aromatic carbocycles. The van der Waals surface area contributed by atoms with Crippen LogP contribution in [0, 0.1) is 0 Å². The van der Waals surface area contributed by atoms with Gasteiger partial charge in [-0.05, 0) is 53.2 Å². The van der Waals surface area contributed by atoms with E-state index in [0.717, 1.165) is 7.11 Å². The van der Waals surface area contributed by atoms with E-state index in [0.29, 0.717) is 10.5 Å². The van der Waals surface area contributed by atoms with Crippen molar-refractivity contribution < 1.29 is 33.0 Å². The predicted molar refractivity (Wildman–Crippen MR) is 110 cm³/mol. The van der Waals surface area contributed by atoms with E-state index in [4.69, 9.17) is 18.6 Å². The number of hydrogen-bond donors (Lipinski definition) is 0. The van der Waals surface area contributed by atoms with Gasteiger partial charge in [-0.2, -0.15) is 0 Å². The average molecular weight is 418 g/mol. The van der Waals surface area contributed by atoms with Gasteiger partial charge in [0.1, 0.15) is 16.7 Å². The lowest BCUT2D eigenvalue weighted by Crippen LogP contribution is -2.44. The molecule has 2 amide bonds. The summed E-state index contributed by atoms with van der Waals surface area (Å²) in [4.78, 5) is 43.0. The lowest BCUT2D eigenvalue weighted by atomic mass is 10.2. The summed E-state index contributed by atoms with van der Waals surface area (Å²) in [5.41, 5.74) is -1.19. The molecule has 0 saturated heterocycles. The number of rotatable bonds is 3. The molecule has 0 bridgehead atoms. The van der Waals surface area contributed by atoms with Crippen LogP contribution in [0.3, 0.4) is 0 Å². The molecule has 0 spiro atoms. The van der Waals surface area contributed by atoms with Crippen LogP contribution < -0.4 is 4.90 Å². The van der Waals surface area contributed by atoms with Gasteiger partial charge in [-0.1, -0.05) is 12.7 Å². The van der Waals surface area contributed by atoms with Gasteiger partial charge in [0.05, 0.1) is 7.11 Å². The first kappa shape index (κ1) is 22.9. The molecule has 2 aromatic heterocycles. The van der Waals surface area contributed by atoms with Gasteiger partial charge in [-0.25, -0.2) is 14.4 Å². The van der Waals surface area contributed by atoms with Crippen LogP contribution in [0.2, 0.25) is 0 Å². The molecule has 0 aliphatic heterocycles. The summed E-state index contributed by atoms with van der Waals surface area (Å²) < 4.78 is 21.2. The maximum Gasteiger partial charge on any atom is 0.427 e. The van der Waals surface area contributed by atoms with Crippen LogP contribution in [0.1, 0.15) is 57.5 Å². The molecule has 0 unspecified atom stereocenters. The molecule has 0 aliphatic carbocycles. The summed E-state index contributed by atoms with van der Waals surface area (Å²) in [5.74, 6) is -1.26. The van der Waals surface area contributed by atoms with Gasteiger partial charge >= 0.3 is 18.2 Å². The number of hydrogen-bond acceptors (Lipinski definition) is 8. The number of aromatic nitrogens is 1. The maximum atomic E-state index is 12.9. The minimum absolute atomic E-state index is 0.111. The lowest BCUT2D eigenvalue weighted by Gasteiger charge is -2.27. The first-order valence-electron chi connectivity index (χ1n) is 9.17. The fourth-order valence-corrected chi connectivity index (χ4v) is 2.39. The fraction of sp³-hybridized carbons (Fsp3) is 0.429. The van der Waals surface area contributed by atoms with Crippen molar-refractivity contribution in [3.8, 4) is 0 Å². The number of methoxy groups -OCH3 is 1. The summed E-state index contributed by atoms with van der Waals surface area (Å²) in [7, 11) is 1.16. The van der Waals surface area contributed by atoms with Crippen molar-refractivity contribution in [3.63, 3.8) is 0 Å². The highest BCUT2D eigenvalue weighted by molar-refractivity contribution is 6.16. The van der Waals surface area contributed by atoms with Crippen LogP contribution in [0.5, 0.6) is 0 Å². The van der Waals surface area contributed by atoms with Crippen molar-refractivity contribution in [2.24, 2.45) is 0 Å². The van der Waals surface area contributed by atoms with Crippen molar-refractivity contribution in [2.75, 3.05) is 12.0 Å². The largest absolute Gasteiger partial charge is 0.465 e. The highest BCUT2D eigenvalue weighted by Gasteiger charge is 2.39. The topological polar surface area (TPSA) is 108 Å². The minimum atomic E-state index is -1.08. The molecule has 0 saturated carbocycles. The third kappa shape index (κ3) is 5.16. The van der Waals surface area contributed by atoms with E-state index in [9.17, 15) is 14.4 Å². The zero-order chi connectivity index (χ0) is 22.9. The van der Waals surface area contributed by atoms with Crippen LogP contribution >= 0.6 is 0 Å². The van der Waals surface area contributed by atoms with Crippen molar-refractivity contribution in [1.82, 2.24) is 4.98 Å². The SMILES string of the molecule is C=Cc1cnc2c(C(=O)OC)c(N(C(=O)OC(C)(C)C)C(=O)OC(C)(C)C)oc2c1. The van der Waals surface area contributed by atoms with E-state index in [-0.39, 0.29) is 16.7 Å². The molecule has 0 aliphatic rings. The van der Waals surface area contributed by atoms with Crippen molar-refractivity contribution in [1.29, 1.82) is 0 Å². The first-order chi connectivity index (χ1) is 13.8. The van der Waals surface area contributed by atoms with Gasteiger partial charge in [0.2, 0.25) is 5.88 Å². The Bertz CT molecular complexity index is 965. The second kappa shape index (κ2) is 8.17. The maximum absolute atomic E-state index is 12.9. The molecule has 9 nitrogen and oxygen atoms in total. The summed E-state index contributed by atoms with van der Waals surface area (Å²) in [6, 6.07) is 1.56. The van der Waals surface area contributed by atoms with E-state index < -0.39 is 35.2 Å². The number of nitrogens with zero attached hydrogens (tertiary/aromatic N) is 2. The highest BCUT2D eigenvalue weighted by atomic mass is 16.6. The van der Waals surface area contributed by atoms with E-state index in [1.807, 2.05) is 0 Å². The van der Waals surface area contributed by atoms with Crippen LogP contribution in [-0.2, 0) is 14.2 Å². The van der Waals surface area contributed by atoms with Crippen LogP contribution in [0.4, 0.5) is 15.5 Å². The number of ether oxygens (including phenoxy) is 3. The molecule has 9 heteroatoms. The average Bonchev–Trinajstić information content (AvgIpc) is 2.95. The molecule has 0 radical (unpaired) electrons. The quantitative estimate of drug-likeness (QED) is 0.510. The summed E-state index contributed by atoms with van der Waals surface area (Å²) >= 11 is 0. The molecule has 0 fully saturated rings. The van der Waals surface area contributed by atoms with Gasteiger partial charge in [0, 0.05) is 6.20 Å². The number of imide groups is 1. The predicted octanol–water partition coefficient (Wildman–Crippen LogP) is 4.93. The number of furan rings is 1. The number of carbonyl (C=O) groups excluding carboxylic acids is 3. The molecular formula is C21H26N2O7. The van der Waals surface area contributed by atoms with Gasteiger partial charge in [0.25, 0.3) is 0 Å². The fourth-order valence-electron chi connectivity index (χ4n) is 2.39. The number of anilines is 1. The standard InChI is InChI=1S/C21H26N2O7/c1-9-12-10-13-15(22-11-12)14(17(24)27-8)16(28-13)23(18(25)29-20(2,3)4)19(26)30-21(5,6)7/h9-11H,1H2,2-8H3. The Morgan fingerprint density at radius 3 is 2.03 bits per heavy atom. The molecule has 2 rings (SSSR count). The molecule has 2 heterocycles. The second-order valence-electron chi connectivity index (χ2n) is 8.39. The Morgan fingerprint density at radius 1 is 1.07 bits per heavy atom. The normalized spacial score (nSPS) is 11.7. The van der Waals surface area contributed by atoms with Crippen LogP contribution in [0.15, 0.2) is 23.3 Å². The van der Waals surface area contributed by atoms with Crippen molar-refractivity contribution in [3.05, 3.63) is 30.0 Å². The summed E-state index contributed by atoms with van der Waals surface area (Å²) in [5, 5.41) is 0.